The molecule has 0 saturated heterocycles. The predicted octanol–water partition coefficient (Wildman–Crippen LogP) is 7.99. The topological polar surface area (TPSA) is 9.23 Å². The van der Waals surface area contributed by atoms with Crippen molar-refractivity contribution in [2.45, 2.75) is 83.4 Å². The molecule has 1 aromatic carbocycles. The maximum absolute atomic E-state index is 14.1. The molecule has 3 saturated carbocycles. The Kier molecular flexibility index (Phi) is 6.32. The Morgan fingerprint density at radius 1 is 0.733 bits per heavy atom. The van der Waals surface area contributed by atoms with E-state index in [-0.39, 0.29) is 5.92 Å². The molecule has 1 nitrogen and oxygen atoms in total. The van der Waals surface area contributed by atoms with Gasteiger partial charge < -0.3 is 4.74 Å². The second-order valence-corrected chi connectivity index (χ2v) is 9.98. The first-order valence-corrected chi connectivity index (χ1v) is 11.4. The van der Waals surface area contributed by atoms with Crippen LogP contribution in [0.1, 0.15) is 82.6 Å². The van der Waals surface area contributed by atoms with Crippen LogP contribution in [0.5, 0.6) is 5.75 Å². The van der Waals surface area contributed by atoms with Crippen molar-refractivity contribution in [3.05, 3.63) is 29.3 Å². The van der Waals surface area contributed by atoms with Gasteiger partial charge in [-0.3, -0.25) is 0 Å². The average molecular weight is 431 g/mol. The summed E-state index contributed by atoms with van der Waals surface area (Å²) in [5.74, 6) is 0.151. The highest BCUT2D eigenvalue weighted by atomic mass is 19.4. The molecule has 0 amide bonds. The predicted molar refractivity (Wildman–Crippen MR) is 105 cm³/mol. The van der Waals surface area contributed by atoms with Gasteiger partial charge in [0.1, 0.15) is 0 Å². The van der Waals surface area contributed by atoms with Gasteiger partial charge in [0.2, 0.25) is 5.75 Å². The van der Waals surface area contributed by atoms with Crippen molar-refractivity contribution in [3.63, 3.8) is 0 Å². The van der Waals surface area contributed by atoms with E-state index in [1.54, 1.807) is 0 Å². The normalized spacial score (nSPS) is 35.0. The SMILES string of the molecule is CC1CCC2CC(C3CCC(c4cc(F)c(OC(F)(F)F)c(F)c4)CC3)CCC2C1. The van der Waals surface area contributed by atoms with E-state index in [0.717, 1.165) is 61.5 Å². The van der Waals surface area contributed by atoms with Crippen LogP contribution in [0.4, 0.5) is 22.0 Å². The molecule has 3 aliphatic rings. The van der Waals surface area contributed by atoms with E-state index in [9.17, 15) is 22.0 Å². The maximum atomic E-state index is 14.1. The fourth-order valence-electron chi connectivity index (χ4n) is 6.54. The van der Waals surface area contributed by atoms with Gasteiger partial charge >= 0.3 is 6.36 Å². The summed E-state index contributed by atoms with van der Waals surface area (Å²) in [6.07, 6.45) is 6.71. The second-order valence-electron chi connectivity index (χ2n) is 9.98. The molecule has 1 aromatic rings. The number of ether oxygens (including phenoxy) is 1. The highest BCUT2D eigenvalue weighted by Gasteiger charge is 2.38. The van der Waals surface area contributed by atoms with E-state index in [0.29, 0.717) is 11.5 Å². The molecule has 0 spiro atoms. The Morgan fingerprint density at radius 3 is 1.83 bits per heavy atom. The number of fused-ring (bicyclic) bond motifs is 1. The van der Waals surface area contributed by atoms with Crippen LogP contribution in [0.25, 0.3) is 0 Å². The van der Waals surface area contributed by atoms with Crippen molar-refractivity contribution in [3.8, 4) is 5.75 Å². The lowest BCUT2D eigenvalue weighted by molar-refractivity contribution is -0.276. The molecule has 4 atom stereocenters. The molecule has 3 aliphatic carbocycles. The molecule has 0 aliphatic heterocycles. The Bertz CT molecular complexity index is 715. The molecule has 0 bridgehead atoms. The van der Waals surface area contributed by atoms with Gasteiger partial charge in [-0.05, 0) is 111 Å². The molecule has 0 heterocycles. The summed E-state index contributed by atoms with van der Waals surface area (Å²) in [6, 6.07) is 2.03. The number of rotatable bonds is 3. The fourth-order valence-corrected chi connectivity index (χ4v) is 6.54. The highest BCUT2D eigenvalue weighted by Crippen LogP contribution is 2.50. The molecule has 4 rings (SSSR count). The summed E-state index contributed by atoms with van der Waals surface area (Å²) in [4.78, 5) is 0. The maximum Gasteiger partial charge on any atom is 0.573 e. The summed E-state index contributed by atoms with van der Waals surface area (Å²) in [5, 5.41) is 0. The van der Waals surface area contributed by atoms with Gasteiger partial charge in [-0.2, -0.15) is 0 Å². The lowest BCUT2D eigenvalue weighted by Crippen LogP contribution is -2.34. The van der Waals surface area contributed by atoms with Crippen LogP contribution in [0.15, 0.2) is 12.1 Å². The largest absolute Gasteiger partial charge is 0.573 e. The zero-order valence-corrected chi connectivity index (χ0v) is 17.5. The average Bonchev–Trinajstić information content (AvgIpc) is 2.69. The van der Waals surface area contributed by atoms with Gasteiger partial charge in [0, 0.05) is 0 Å². The fraction of sp³-hybridized carbons (Fsp3) is 0.750. The first kappa shape index (κ1) is 21.9. The first-order chi connectivity index (χ1) is 14.2. The van der Waals surface area contributed by atoms with E-state index in [2.05, 4.69) is 11.7 Å². The van der Waals surface area contributed by atoms with Gasteiger partial charge in [0.15, 0.2) is 11.6 Å². The third kappa shape index (κ3) is 4.94. The van der Waals surface area contributed by atoms with Crippen LogP contribution in [0, 0.1) is 41.2 Å². The first-order valence-electron chi connectivity index (χ1n) is 11.4. The van der Waals surface area contributed by atoms with Crippen molar-refractivity contribution in [1.82, 2.24) is 0 Å². The van der Waals surface area contributed by atoms with E-state index < -0.39 is 23.7 Å². The summed E-state index contributed by atoms with van der Waals surface area (Å²) in [7, 11) is 0. The molecule has 0 N–H and O–H groups in total. The smallest absolute Gasteiger partial charge is 0.399 e. The Balaban J connectivity index is 1.35. The van der Waals surface area contributed by atoms with Crippen LogP contribution in [0.2, 0.25) is 0 Å². The zero-order valence-electron chi connectivity index (χ0n) is 17.5. The molecule has 6 heteroatoms. The minimum absolute atomic E-state index is 0.00273. The monoisotopic (exact) mass is 430 g/mol. The summed E-state index contributed by atoms with van der Waals surface area (Å²) >= 11 is 0. The van der Waals surface area contributed by atoms with Gasteiger partial charge in [-0.25, -0.2) is 8.78 Å². The zero-order chi connectivity index (χ0) is 21.5. The summed E-state index contributed by atoms with van der Waals surface area (Å²) in [6.45, 7) is 2.37. The van der Waals surface area contributed by atoms with Crippen molar-refractivity contribution < 1.29 is 26.7 Å². The molecule has 30 heavy (non-hydrogen) atoms. The third-order valence-electron chi connectivity index (χ3n) is 8.06. The van der Waals surface area contributed by atoms with Crippen molar-refractivity contribution in [1.29, 1.82) is 0 Å². The number of hydrogen-bond donors (Lipinski definition) is 0. The van der Waals surface area contributed by atoms with Crippen molar-refractivity contribution in [2.75, 3.05) is 0 Å². The number of alkyl halides is 3. The third-order valence-corrected chi connectivity index (χ3v) is 8.06. The van der Waals surface area contributed by atoms with Crippen LogP contribution < -0.4 is 4.74 Å². The van der Waals surface area contributed by atoms with Crippen molar-refractivity contribution >= 4 is 0 Å². The van der Waals surface area contributed by atoms with Crippen LogP contribution in [-0.2, 0) is 0 Å². The summed E-state index contributed by atoms with van der Waals surface area (Å²) < 4.78 is 68.7. The summed E-state index contributed by atoms with van der Waals surface area (Å²) in [5.41, 5.74) is 0.447. The van der Waals surface area contributed by atoms with E-state index in [1.165, 1.54) is 38.5 Å². The van der Waals surface area contributed by atoms with Gasteiger partial charge in [-0.1, -0.05) is 13.3 Å². The molecular weight excluding hydrogens is 399 g/mol. The minimum Gasteiger partial charge on any atom is -0.399 e. The Labute approximate surface area is 175 Å². The number of benzene rings is 1. The number of hydrogen-bond acceptors (Lipinski definition) is 1. The number of halogens is 5. The second kappa shape index (κ2) is 8.66. The molecule has 0 radical (unpaired) electrons. The minimum atomic E-state index is -5.11. The molecular formula is C24H31F5O. The van der Waals surface area contributed by atoms with E-state index >= 15 is 0 Å². The van der Waals surface area contributed by atoms with Gasteiger partial charge in [-0.15, -0.1) is 13.2 Å². The standard InChI is InChI=1S/C24H31F5O/c1-14-2-3-19-11-18(9-8-17(19)10-14)15-4-6-16(7-5-15)20-12-21(25)23(22(26)13-20)30-24(27,28)29/h12-19H,2-11H2,1H3. The van der Waals surface area contributed by atoms with Crippen LogP contribution >= 0.6 is 0 Å². The lowest BCUT2D eigenvalue weighted by atomic mass is 9.61. The molecule has 0 aromatic heterocycles. The Morgan fingerprint density at radius 2 is 1.23 bits per heavy atom. The Hall–Kier alpha value is -1.33. The molecule has 4 unspecified atom stereocenters. The van der Waals surface area contributed by atoms with Crippen LogP contribution in [-0.4, -0.2) is 6.36 Å². The van der Waals surface area contributed by atoms with Crippen molar-refractivity contribution in [2.24, 2.45) is 29.6 Å². The quantitative estimate of drug-likeness (QED) is 0.442. The van der Waals surface area contributed by atoms with Gasteiger partial charge in [0.05, 0.1) is 0 Å². The van der Waals surface area contributed by atoms with E-state index in [1.807, 2.05) is 0 Å². The van der Waals surface area contributed by atoms with E-state index in [4.69, 9.17) is 0 Å². The lowest BCUT2D eigenvalue weighted by Gasteiger charge is -2.45. The molecule has 168 valence electrons. The molecule has 3 fully saturated rings. The highest BCUT2D eigenvalue weighted by molar-refractivity contribution is 5.33. The van der Waals surface area contributed by atoms with Gasteiger partial charge in [0.25, 0.3) is 0 Å². The van der Waals surface area contributed by atoms with Crippen LogP contribution in [0.3, 0.4) is 0 Å².